The summed E-state index contributed by atoms with van der Waals surface area (Å²) < 4.78 is 53.3. The maximum absolute atomic E-state index is 12.9. The first-order valence-electron chi connectivity index (χ1n) is 12.1. The minimum Gasteiger partial charge on any atom is -0.497 e. The molecule has 1 aliphatic rings. The highest BCUT2D eigenvalue weighted by molar-refractivity contribution is 5.85. The van der Waals surface area contributed by atoms with Crippen LogP contribution < -0.4 is 24.8 Å². The molecule has 1 fully saturated rings. The lowest BCUT2D eigenvalue weighted by Gasteiger charge is -2.32. The summed E-state index contributed by atoms with van der Waals surface area (Å²) in [5, 5.41) is 14.6. The first-order valence-corrected chi connectivity index (χ1v) is 12.1. The van der Waals surface area contributed by atoms with Crippen LogP contribution in [0.15, 0.2) is 42.5 Å². The number of carbonyl (C=O) groups excluding carboxylic acids is 2. The second kappa shape index (κ2) is 12.1. The van der Waals surface area contributed by atoms with E-state index in [4.69, 9.17) is 14.7 Å². The van der Waals surface area contributed by atoms with Crippen LogP contribution in [0.4, 0.5) is 13.2 Å². The number of methoxy groups -OCH3 is 1. The SMILES string of the molecule is COc1ccc(OC(C)(C)C(=O)NC2CCC(C(=O)NCc3ccc(C#N)cc3OC(F)(F)F)CC2)cc1. The van der Waals surface area contributed by atoms with Crippen molar-refractivity contribution in [2.75, 3.05) is 7.11 Å². The van der Waals surface area contributed by atoms with Crippen molar-refractivity contribution >= 4 is 11.8 Å². The smallest absolute Gasteiger partial charge is 0.497 e. The number of alkyl halides is 3. The van der Waals surface area contributed by atoms with Crippen LogP contribution in [-0.4, -0.2) is 36.9 Å². The van der Waals surface area contributed by atoms with Crippen LogP contribution in [0.2, 0.25) is 0 Å². The van der Waals surface area contributed by atoms with E-state index in [1.807, 2.05) is 0 Å². The van der Waals surface area contributed by atoms with Crippen LogP contribution in [0.1, 0.15) is 50.7 Å². The molecule has 38 heavy (non-hydrogen) atoms. The van der Waals surface area contributed by atoms with Crippen molar-refractivity contribution in [1.29, 1.82) is 5.26 Å². The van der Waals surface area contributed by atoms with Gasteiger partial charge in [0.2, 0.25) is 5.91 Å². The Morgan fingerprint density at radius 2 is 1.63 bits per heavy atom. The lowest BCUT2D eigenvalue weighted by atomic mass is 9.85. The third kappa shape index (κ3) is 8.03. The second-order valence-corrected chi connectivity index (χ2v) is 9.51. The Kier molecular flexibility index (Phi) is 9.09. The van der Waals surface area contributed by atoms with Crippen molar-refractivity contribution in [3.05, 3.63) is 53.6 Å². The van der Waals surface area contributed by atoms with Gasteiger partial charge in [-0.2, -0.15) is 5.26 Å². The molecule has 0 atom stereocenters. The number of amides is 2. The average molecular weight is 534 g/mol. The van der Waals surface area contributed by atoms with Crippen molar-refractivity contribution < 1.29 is 37.0 Å². The Balaban J connectivity index is 1.49. The number of hydrogen-bond acceptors (Lipinski definition) is 6. The Hall–Kier alpha value is -3.94. The van der Waals surface area contributed by atoms with Gasteiger partial charge in [0.05, 0.1) is 18.7 Å². The molecule has 8 nitrogen and oxygen atoms in total. The molecule has 2 aromatic carbocycles. The van der Waals surface area contributed by atoms with Crippen LogP contribution in [0, 0.1) is 17.2 Å². The summed E-state index contributed by atoms with van der Waals surface area (Å²) in [6, 6.07) is 12.2. The van der Waals surface area contributed by atoms with E-state index in [0.717, 1.165) is 6.07 Å². The lowest BCUT2D eigenvalue weighted by Crippen LogP contribution is -2.51. The highest BCUT2D eigenvalue weighted by atomic mass is 19.4. The Morgan fingerprint density at radius 1 is 1.00 bits per heavy atom. The maximum atomic E-state index is 12.9. The predicted molar refractivity (Wildman–Crippen MR) is 131 cm³/mol. The molecule has 0 bridgehead atoms. The molecule has 0 heterocycles. The first kappa shape index (κ1) is 28.6. The van der Waals surface area contributed by atoms with Crippen LogP contribution in [0.5, 0.6) is 17.2 Å². The van der Waals surface area contributed by atoms with E-state index < -0.39 is 17.7 Å². The molecular formula is C27H30F3N3O5. The van der Waals surface area contributed by atoms with Crippen LogP contribution >= 0.6 is 0 Å². The van der Waals surface area contributed by atoms with Crippen LogP contribution in [-0.2, 0) is 16.1 Å². The highest BCUT2D eigenvalue weighted by Crippen LogP contribution is 2.29. The van der Waals surface area contributed by atoms with Gasteiger partial charge < -0.3 is 24.8 Å². The van der Waals surface area contributed by atoms with Gasteiger partial charge in [0, 0.05) is 24.1 Å². The number of ether oxygens (including phenoxy) is 3. The van der Waals surface area contributed by atoms with E-state index in [-0.39, 0.29) is 41.4 Å². The van der Waals surface area contributed by atoms with E-state index in [1.165, 1.54) is 12.1 Å². The summed E-state index contributed by atoms with van der Waals surface area (Å²) in [5.74, 6) is -0.232. The van der Waals surface area contributed by atoms with Gasteiger partial charge >= 0.3 is 6.36 Å². The average Bonchev–Trinajstić information content (AvgIpc) is 2.87. The zero-order valence-corrected chi connectivity index (χ0v) is 21.4. The molecule has 11 heteroatoms. The van der Waals surface area contributed by atoms with Crippen molar-refractivity contribution in [1.82, 2.24) is 10.6 Å². The molecule has 0 aliphatic heterocycles. The predicted octanol–water partition coefficient (Wildman–Crippen LogP) is 4.61. The van der Waals surface area contributed by atoms with E-state index in [1.54, 1.807) is 51.3 Å². The first-order chi connectivity index (χ1) is 17.9. The summed E-state index contributed by atoms with van der Waals surface area (Å²) in [7, 11) is 1.56. The van der Waals surface area contributed by atoms with Crippen molar-refractivity contribution in [2.24, 2.45) is 5.92 Å². The second-order valence-electron chi connectivity index (χ2n) is 9.51. The van der Waals surface area contributed by atoms with E-state index >= 15 is 0 Å². The van der Waals surface area contributed by atoms with Gasteiger partial charge in [0.15, 0.2) is 5.60 Å². The quantitative estimate of drug-likeness (QED) is 0.487. The number of rotatable bonds is 9. The number of carbonyl (C=O) groups is 2. The molecule has 0 saturated heterocycles. The minimum atomic E-state index is -4.93. The van der Waals surface area contributed by atoms with Crippen LogP contribution in [0.3, 0.4) is 0 Å². The molecule has 0 unspecified atom stereocenters. The lowest BCUT2D eigenvalue weighted by molar-refractivity contribution is -0.274. The number of nitrogens with zero attached hydrogens (tertiary/aromatic N) is 1. The Bertz CT molecular complexity index is 1170. The molecule has 0 aromatic heterocycles. The number of halogens is 3. The van der Waals surface area contributed by atoms with Crippen LogP contribution in [0.25, 0.3) is 0 Å². The topological polar surface area (TPSA) is 110 Å². The monoisotopic (exact) mass is 533 g/mol. The summed E-state index contributed by atoms with van der Waals surface area (Å²) in [4.78, 5) is 25.5. The summed E-state index contributed by atoms with van der Waals surface area (Å²) in [6.45, 7) is 3.17. The molecular weight excluding hydrogens is 503 g/mol. The molecule has 0 radical (unpaired) electrons. The highest BCUT2D eigenvalue weighted by Gasteiger charge is 2.34. The van der Waals surface area contributed by atoms with Gasteiger partial charge in [-0.25, -0.2) is 0 Å². The number of nitriles is 1. The normalized spacial score (nSPS) is 17.6. The zero-order chi connectivity index (χ0) is 27.9. The number of nitrogens with one attached hydrogen (secondary N) is 2. The Labute approximate surface area is 219 Å². The van der Waals surface area contributed by atoms with Gasteiger partial charge in [-0.1, -0.05) is 6.07 Å². The fourth-order valence-electron chi connectivity index (χ4n) is 4.16. The fourth-order valence-corrected chi connectivity index (χ4v) is 4.16. The van der Waals surface area contributed by atoms with Gasteiger partial charge in [-0.15, -0.1) is 13.2 Å². The molecule has 1 aliphatic carbocycles. The van der Waals surface area contributed by atoms with Crippen molar-refractivity contribution in [3.63, 3.8) is 0 Å². The molecule has 1 saturated carbocycles. The molecule has 2 aromatic rings. The Morgan fingerprint density at radius 3 is 2.21 bits per heavy atom. The van der Waals surface area contributed by atoms with Crippen molar-refractivity contribution in [2.45, 2.75) is 64.1 Å². The van der Waals surface area contributed by atoms with Gasteiger partial charge in [0.1, 0.15) is 17.2 Å². The zero-order valence-electron chi connectivity index (χ0n) is 21.4. The van der Waals surface area contributed by atoms with Crippen molar-refractivity contribution in [3.8, 4) is 23.3 Å². The van der Waals surface area contributed by atoms with E-state index in [2.05, 4.69) is 15.4 Å². The molecule has 2 amide bonds. The third-order valence-corrected chi connectivity index (χ3v) is 6.29. The van der Waals surface area contributed by atoms with Gasteiger partial charge in [0.25, 0.3) is 5.91 Å². The summed E-state index contributed by atoms with van der Waals surface area (Å²) in [6.07, 6.45) is -2.76. The number of hydrogen-bond donors (Lipinski definition) is 2. The maximum Gasteiger partial charge on any atom is 0.573 e. The number of benzene rings is 2. The molecule has 0 spiro atoms. The van der Waals surface area contributed by atoms with Gasteiger partial charge in [-0.3, -0.25) is 9.59 Å². The summed E-state index contributed by atoms with van der Waals surface area (Å²) in [5.41, 5.74) is -1.01. The summed E-state index contributed by atoms with van der Waals surface area (Å²) >= 11 is 0. The van der Waals surface area contributed by atoms with E-state index in [0.29, 0.717) is 37.2 Å². The standard InChI is InChI=1S/C27H30F3N3O5/c1-26(2,37-22-12-10-21(36-3)11-13-22)25(35)33-20-8-6-18(7-9-20)24(34)32-16-19-5-4-17(15-31)14-23(19)38-27(28,29)30/h4-5,10-14,18,20H,6-9,16H2,1-3H3,(H,32,34)(H,33,35). The third-order valence-electron chi connectivity index (χ3n) is 6.29. The molecule has 2 N–H and O–H groups in total. The minimum absolute atomic E-state index is 0.0114. The molecule has 3 rings (SSSR count). The van der Waals surface area contributed by atoms with E-state index in [9.17, 15) is 22.8 Å². The fraction of sp³-hybridized carbons (Fsp3) is 0.444. The van der Waals surface area contributed by atoms with Gasteiger partial charge in [-0.05, 0) is 75.9 Å². The largest absolute Gasteiger partial charge is 0.573 e. The molecule has 204 valence electrons.